The fraction of sp³-hybridized carbons (Fsp3) is 0.578. The average Bonchev–Trinajstić information content (AvgIpc) is 3.71. The van der Waals surface area contributed by atoms with Crippen LogP contribution in [0.15, 0.2) is 65.8 Å². The van der Waals surface area contributed by atoms with Crippen molar-refractivity contribution in [3.05, 3.63) is 71.8 Å². The van der Waals surface area contributed by atoms with Crippen LogP contribution in [-0.4, -0.2) is 116 Å². The van der Waals surface area contributed by atoms with Gasteiger partial charge in [0, 0.05) is 11.5 Å². The predicted octanol–water partition coefficient (Wildman–Crippen LogP) is 5.26. The third-order valence-corrected chi connectivity index (χ3v) is 12.6. The number of piperidine rings is 2. The number of rotatable bonds is 18. The number of hydrogen-bond donors (Lipinski definition) is 4. The molecular weight excluding hydrogens is 803 g/mol. The van der Waals surface area contributed by atoms with Crippen LogP contribution in [0, 0.1) is 11.3 Å². The second-order valence-corrected chi connectivity index (χ2v) is 17.7. The first kappa shape index (κ1) is 48.9. The van der Waals surface area contributed by atoms with Gasteiger partial charge in [0.15, 0.2) is 0 Å². The van der Waals surface area contributed by atoms with E-state index in [1.54, 1.807) is 32.6 Å². The number of esters is 2. The zero-order chi connectivity index (χ0) is 44.9. The summed E-state index contributed by atoms with van der Waals surface area (Å²) in [6.45, 7) is 13.0. The van der Waals surface area contributed by atoms with Crippen LogP contribution in [0.1, 0.15) is 98.1 Å². The summed E-state index contributed by atoms with van der Waals surface area (Å²) in [6.07, 6.45) is 5.64. The second-order valence-electron chi connectivity index (χ2n) is 16.7. The van der Waals surface area contributed by atoms with Gasteiger partial charge in [-0.15, -0.1) is 0 Å². The minimum atomic E-state index is -1.14. The SMILES string of the molecule is CCOC(=O)[C@H](CCc1ccccc1)N[C@@H](C)C(=O)N1C2CCC(CC2)[C@H]1C(=O)O.CCOC(=O)[C@H](CCc1ccccc1)N[C@@H](C)C(=O)N1N=C(C(C)(C)C)S[C@H]1C(=O)O. The first-order chi connectivity index (χ1) is 29.0. The van der Waals surface area contributed by atoms with Gasteiger partial charge in [-0.3, -0.25) is 29.8 Å². The molecule has 334 valence electrons. The molecule has 3 aliphatic heterocycles. The van der Waals surface area contributed by atoms with Crippen molar-refractivity contribution in [1.29, 1.82) is 0 Å². The van der Waals surface area contributed by atoms with Crippen molar-refractivity contribution in [3.63, 3.8) is 0 Å². The highest BCUT2D eigenvalue weighted by atomic mass is 32.2. The number of aryl methyl sites for hydroxylation is 2. The highest BCUT2D eigenvalue weighted by Gasteiger charge is 2.49. The van der Waals surface area contributed by atoms with Crippen molar-refractivity contribution in [2.24, 2.45) is 16.4 Å². The number of hydrogen-bond acceptors (Lipinski definition) is 12. The highest BCUT2D eigenvalue weighted by Crippen LogP contribution is 2.40. The molecule has 2 saturated heterocycles. The number of thioether (sulfide) groups is 1. The molecule has 4 aliphatic rings. The number of ether oxygens (including phenoxy) is 2. The number of nitrogens with one attached hydrogen (secondary N) is 2. The Balaban J connectivity index is 0.000000269. The molecule has 3 heterocycles. The van der Waals surface area contributed by atoms with Crippen LogP contribution in [0.25, 0.3) is 0 Å². The topological polar surface area (TPSA) is 204 Å². The van der Waals surface area contributed by atoms with Gasteiger partial charge in [-0.25, -0.2) is 14.6 Å². The molecule has 16 heteroatoms. The zero-order valence-electron chi connectivity index (χ0n) is 36.4. The number of aliphatic carboxylic acids is 2. The molecular formula is C45H63N5O10S. The van der Waals surface area contributed by atoms with Gasteiger partial charge in [0.25, 0.3) is 5.91 Å². The van der Waals surface area contributed by atoms with Gasteiger partial charge >= 0.3 is 23.9 Å². The Bertz CT molecular complexity index is 1830. The molecule has 2 aromatic rings. The lowest BCUT2D eigenvalue weighted by Gasteiger charge is -2.50. The molecule has 0 radical (unpaired) electrons. The van der Waals surface area contributed by atoms with Gasteiger partial charge in [0.2, 0.25) is 11.3 Å². The minimum absolute atomic E-state index is 0.0163. The van der Waals surface area contributed by atoms with Crippen LogP contribution < -0.4 is 10.6 Å². The molecule has 0 spiro atoms. The standard InChI is InChI=1S/C23H32N2O5.C22H31N3O5S/c1-3-30-23(29)19(14-9-16-7-5-4-6-8-16)24-15(2)21(26)25-18-12-10-17(11-13-18)20(25)22(27)28;1-6-30-20(29)16(13-12-15-10-8-7-9-11-15)23-14(2)17(26)25-18(19(27)28)31-21(24-25)22(3,4)5/h4-8,15,17-20,24H,3,9-14H2,1-2H3,(H,27,28);7-11,14,16,18,23H,6,12-13H2,1-5H3,(H,27,28)/t15-,17?,18?,19-,20-;14-,16-,18-/m00/s1. The van der Waals surface area contributed by atoms with Crippen LogP contribution in [-0.2, 0) is 51.1 Å². The van der Waals surface area contributed by atoms with Crippen molar-refractivity contribution in [2.75, 3.05) is 13.2 Å². The number of carboxylic acids is 2. The number of amides is 2. The van der Waals surface area contributed by atoms with Gasteiger partial charge in [0.05, 0.1) is 25.3 Å². The van der Waals surface area contributed by atoms with E-state index in [1.165, 1.54) is 0 Å². The van der Waals surface area contributed by atoms with Crippen LogP contribution in [0.3, 0.4) is 0 Å². The molecule has 0 aromatic heterocycles. The van der Waals surface area contributed by atoms with Gasteiger partial charge in [0.1, 0.15) is 23.2 Å². The summed E-state index contributed by atoms with van der Waals surface area (Å²) in [5.41, 5.74) is 1.79. The Morgan fingerprint density at radius 3 is 1.61 bits per heavy atom. The number of nitrogens with zero attached hydrogens (tertiary/aromatic N) is 3. The molecule has 61 heavy (non-hydrogen) atoms. The van der Waals surface area contributed by atoms with E-state index in [0.29, 0.717) is 30.7 Å². The van der Waals surface area contributed by atoms with Gasteiger partial charge in [-0.1, -0.05) is 93.2 Å². The van der Waals surface area contributed by atoms with Crippen molar-refractivity contribution in [1.82, 2.24) is 20.5 Å². The van der Waals surface area contributed by atoms with E-state index >= 15 is 0 Å². The summed E-state index contributed by atoms with van der Waals surface area (Å²) in [4.78, 5) is 76.4. The number of carboxylic acid groups (broad SMARTS) is 2. The first-order valence-corrected chi connectivity index (χ1v) is 22.1. The van der Waals surface area contributed by atoms with E-state index in [4.69, 9.17) is 9.47 Å². The summed E-state index contributed by atoms with van der Waals surface area (Å²) in [6, 6.07) is 15.9. The Morgan fingerprint density at radius 2 is 1.20 bits per heavy atom. The molecule has 1 saturated carbocycles. The van der Waals surface area contributed by atoms with E-state index < -0.39 is 59.4 Å². The lowest BCUT2D eigenvalue weighted by atomic mass is 9.74. The van der Waals surface area contributed by atoms with Crippen molar-refractivity contribution < 1.29 is 48.5 Å². The fourth-order valence-electron chi connectivity index (χ4n) is 7.87. The molecule has 6 atom stereocenters. The van der Waals surface area contributed by atoms with E-state index in [1.807, 2.05) is 81.4 Å². The van der Waals surface area contributed by atoms with Crippen LogP contribution >= 0.6 is 11.8 Å². The molecule has 2 aromatic carbocycles. The Kier molecular flexibility index (Phi) is 18.3. The maximum absolute atomic E-state index is 13.2. The average molecular weight is 866 g/mol. The zero-order valence-corrected chi connectivity index (χ0v) is 37.2. The summed E-state index contributed by atoms with van der Waals surface area (Å²) < 4.78 is 10.4. The van der Waals surface area contributed by atoms with Crippen LogP contribution in [0.2, 0.25) is 0 Å². The second kappa shape index (κ2) is 22.9. The van der Waals surface area contributed by atoms with Crippen LogP contribution in [0.5, 0.6) is 0 Å². The van der Waals surface area contributed by atoms with E-state index in [2.05, 4.69) is 15.7 Å². The fourth-order valence-corrected chi connectivity index (χ4v) is 8.92. The lowest BCUT2D eigenvalue weighted by Crippen LogP contribution is -2.64. The number of fused-ring (bicyclic) bond motifs is 3. The number of benzene rings is 2. The number of hydrazone groups is 1. The largest absolute Gasteiger partial charge is 0.480 e. The summed E-state index contributed by atoms with van der Waals surface area (Å²) >= 11 is 1.06. The van der Waals surface area contributed by atoms with E-state index in [9.17, 15) is 39.0 Å². The van der Waals surface area contributed by atoms with Gasteiger partial charge in [-0.05, 0) is 96.1 Å². The molecule has 1 aliphatic carbocycles. The normalized spacial score (nSPS) is 21.5. The van der Waals surface area contributed by atoms with Gasteiger partial charge < -0.3 is 24.6 Å². The number of carbonyl (C=O) groups excluding carboxylic acids is 4. The maximum atomic E-state index is 13.2. The number of carbonyl (C=O) groups is 6. The monoisotopic (exact) mass is 865 g/mol. The first-order valence-electron chi connectivity index (χ1n) is 21.3. The molecule has 0 unspecified atom stereocenters. The predicted molar refractivity (Wildman–Crippen MR) is 232 cm³/mol. The Morgan fingerprint density at radius 1 is 0.738 bits per heavy atom. The van der Waals surface area contributed by atoms with Crippen molar-refractivity contribution in [3.8, 4) is 0 Å². The highest BCUT2D eigenvalue weighted by molar-refractivity contribution is 8.15. The van der Waals surface area contributed by atoms with E-state index in [-0.39, 0.29) is 42.5 Å². The van der Waals surface area contributed by atoms with Crippen molar-refractivity contribution >= 4 is 52.5 Å². The Hall–Kier alpha value is -4.80. The molecule has 15 nitrogen and oxygen atoms in total. The molecule has 3 fully saturated rings. The molecule has 4 N–H and O–H groups in total. The quantitative estimate of drug-likeness (QED) is 0.142. The summed E-state index contributed by atoms with van der Waals surface area (Å²) in [5, 5.41) is 30.2. The Labute approximate surface area is 363 Å². The lowest BCUT2D eigenvalue weighted by molar-refractivity contribution is -0.164. The third kappa shape index (κ3) is 13.6. The summed E-state index contributed by atoms with van der Waals surface area (Å²) in [5.74, 6) is -3.64. The summed E-state index contributed by atoms with van der Waals surface area (Å²) in [7, 11) is 0. The van der Waals surface area contributed by atoms with E-state index in [0.717, 1.165) is 53.6 Å². The third-order valence-electron chi connectivity index (χ3n) is 11.0. The minimum Gasteiger partial charge on any atom is -0.480 e. The molecule has 2 amide bonds. The van der Waals surface area contributed by atoms with Gasteiger partial charge in [-0.2, -0.15) is 5.10 Å². The molecule has 2 bridgehead atoms. The smallest absolute Gasteiger partial charge is 0.339 e. The maximum Gasteiger partial charge on any atom is 0.339 e. The molecule has 6 rings (SSSR count). The van der Waals surface area contributed by atoms with Crippen molar-refractivity contribution in [2.45, 2.75) is 141 Å². The van der Waals surface area contributed by atoms with Crippen LogP contribution in [0.4, 0.5) is 0 Å².